The second-order valence-corrected chi connectivity index (χ2v) is 5.14. The highest BCUT2D eigenvalue weighted by molar-refractivity contribution is 5.94. The van der Waals surface area contributed by atoms with Crippen LogP contribution in [-0.4, -0.2) is 21.8 Å². The summed E-state index contributed by atoms with van der Waals surface area (Å²) in [7, 11) is 0. The van der Waals surface area contributed by atoms with E-state index in [1.54, 1.807) is 12.1 Å². The van der Waals surface area contributed by atoms with Gasteiger partial charge in [-0.15, -0.1) is 0 Å². The summed E-state index contributed by atoms with van der Waals surface area (Å²) in [6.45, 7) is 2.06. The van der Waals surface area contributed by atoms with Crippen LogP contribution in [0, 0.1) is 18.7 Å². The van der Waals surface area contributed by atoms with Gasteiger partial charge in [-0.1, -0.05) is 0 Å². The topological polar surface area (TPSA) is 46.3 Å². The van der Waals surface area contributed by atoms with Gasteiger partial charge in [-0.25, -0.2) is 9.37 Å². The molecule has 0 unspecified atom stereocenters. The van der Waals surface area contributed by atoms with Crippen LogP contribution in [0.15, 0.2) is 28.8 Å². The van der Waals surface area contributed by atoms with E-state index in [-0.39, 0.29) is 18.2 Å². The molecule has 0 radical (unpaired) electrons. The van der Waals surface area contributed by atoms with Crippen molar-refractivity contribution in [2.45, 2.75) is 32.4 Å². The van der Waals surface area contributed by atoms with E-state index in [1.807, 2.05) is 6.92 Å². The molecule has 1 saturated carbocycles. The van der Waals surface area contributed by atoms with Gasteiger partial charge in [0.25, 0.3) is 5.91 Å². The van der Waals surface area contributed by atoms with Gasteiger partial charge < -0.3 is 9.32 Å². The fourth-order valence-corrected chi connectivity index (χ4v) is 2.23. The molecule has 2 aromatic heterocycles. The van der Waals surface area contributed by atoms with Gasteiger partial charge in [0, 0.05) is 12.2 Å². The smallest absolute Gasteiger partial charge is 0.257 e. The molecule has 6 heteroatoms. The lowest BCUT2D eigenvalue weighted by atomic mass is 10.2. The minimum absolute atomic E-state index is 0.0542. The van der Waals surface area contributed by atoms with Crippen molar-refractivity contribution in [2.75, 3.05) is 0 Å². The van der Waals surface area contributed by atoms with E-state index in [0.717, 1.165) is 24.8 Å². The van der Waals surface area contributed by atoms with Gasteiger partial charge in [-0.3, -0.25) is 4.79 Å². The van der Waals surface area contributed by atoms with E-state index >= 15 is 0 Å². The number of amides is 1. The molecule has 3 rings (SSSR count). The Kier molecular flexibility index (Phi) is 3.45. The lowest BCUT2D eigenvalue weighted by molar-refractivity contribution is 0.0710. The number of pyridine rings is 1. The first-order valence-corrected chi connectivity index (χ1v) is 6.72. The van der Waals surface area contributed by atoms with Crippen molar-refractivity contribution in [1.82, 2.24) is 9.88 Å². The van der Waals surface area contributed by atoms with Crippen molar-refractivity contribution < 1.29 is 18.0 Å². The Hall–Kier alpha value is -2.24. The van der Waals surface area contributed by atoms with Gasteiger partial charge in [0.1, 0.15) is 11.5 Å². The minimum Gasteiger partial charge on any atom is -0.464 e. The van der Waals surface area contributed by atoms with Crippen molar-refractivity contribution in [2.24, 2.45) is 0 Å². The first-order chi connectivity index (χ1) is 10.1. The Balaban J connectivity index is 1.87. The van der Waals surface area contributed by atoms with Gasteiger partial charge in [0.2, 0.25) is 5.95 Å². The Morgan fingerprint density at radius 2 is 2.14 bits per heavy atom. The number of nitrogens with zero attached hydrogens (tertiary/aromatic N) is 2. The van der Waals surface area contributed by atoms with Crippen molar-refractivity contribution in [3.8, 4) is 0 Å². The van der Waals surface area contributed by atoms with E-state index in [2.05, 4.69) is 4.98 Å². The number of rotatable bonds is 4. The van der Waals surface area contributed by atoms with Gasteiger partial charge in [0.15, 0.2) is 5.82 Å². The molecule has 1 amide bonds. The molecular weight excluding hydrogens is 278 g/mol. The number of furan rings is 1. The summed E-state index contributed by atoms with van der Waals surface area (Å²) in [5.74, 6) is -1.63. The van der Waals surface area contributed by atoms with Crippen LogP contribution in [-0.2, 0) is 6.54 Å². The summed E-state index contributed by atoms with van der Waals surface area (Å²) in [6.07, 6.45) is 2.81. The first kappa shape index (κ1) is 13.7. The lowest BCUT2D eigenvalue weighted by Gasteiger charge is -2.21. The molecule has 0 N–H and O–H groups in total. The molecule has 4 nitrogen and oxygen atoms in total. The van der Waals surface area contributed by atoms with Gasteiger partial charge >= 0.3 is 0 Å². The maximum Gasteiger partial charge on any atom is 0.257 e. The van der Waals surface area contributed by atoms with E-state index in [0.29, 0.717) is 5.76 Å². The predicted octanol–water partition coefficient (Wildman–Crippen LogP) is 3.07. The first-order valence-electron chi connectivity index (χ1n) is 6.72. The Morgan fingerprint density at radius 3 is 2.76 bits per heavy atom. The molecule has 0 bridgehead atoms. The number of carbonyl (C=O) groups excluding carboxylic acids is 1. The average Bonchev–Trinajstić information content (AvgIpc) is 3.22. The van der Waals surface area contributed by atoms with E-state index in [4.69, 9.17) is 4.42 Å². The quantitative estimate of drug-likeness (QED) is 0.814. The molecule has 110 valence electrons. The van der Waals surface area contributed by atoms with Crippen molar-refractivity contribution in [1.29, 1.82) is 0 Å². The number of hydrogen-bond acceptors (Lipinski definition) is 3. The third-order valence-electron chi connectivity index (χ3n) is 3.45. The maximum atomic E-state index is 13.7. The molecule has 21 heavy (non-hydrogen) atoms. The number of halogens is 2. The number of aryl methyl sites for hydroxylation is 1. The zero-order chi connectivity index (χ0) is 15.0. The standard InChI is InChI=1S/C15H14F2N2O2/c1-9-2-5-11(21-9)8-19(10-3-4-10)15(20)12-6-7-18-14(17)13(12)16/h2,5-7,10H,3-4,8H2,1H3. The van der Waals surface area contributed by atoms with Gasteiger partial charge in [-0.2, -0.15) is 4.39 Å². The average molecular weight is 292 g/mol. The summed E-state index contributed by atoms with van der Waals surface area (Å²) in [5, 5.41) is 0. The van der Waals surface area contributed by atoms with Crippen LogP contribution in [0.5, 0.6) is 0 Å². The Labute approximate surface area is 120 Å². The predicted molar refractivity (Wildman–Crippen MR) is 70.5 cm³/mol. The SMILES string of the molecule is Cc1ccc(CN(C(=O)c2ccnc(F)c2F)C2CC2)o1. The molecule has 0 saturated heterocycles. The van der Waals surface area contributed by atoms with Crippen molar-refractivity contribution in [3.05, 3.63) is 53.2 Å². The van der Waals surface area contributed by atoms with E-state index in [9.17, 15) is 13.6 Å². The molecule has 0 aromatic carbocycles. The molecule has 0 atom stereocenters. The highest BCUT2D eigenvalue weighted by atomic mass is 19.2. The molecule has 1 fully saturated rings. The Bertz CT molecular complexity index is 680. The molecule has 1 aliphatic rings. The highest BCUT2D eigenvalue weighted by Crippen LogP contribution is 2.30. The summed E-state index contributed by atoms with van der Waals surface area (Å²) in [5.41, 5.74) is -0.294. The third-order valence-corrected chi connectivity index (χ3v) is 3.45. The van der Waals surface area contributed by atoms with E-state index < -0.39 is 17.7 Å². The fraction of sp³-hybridized carbons (Fsp3) is 0.333. The summed E-state index contributed by atoms with van der Waals surface area (Å²) < 4.78 is 32.4. The van der Waals surface area contributed by atoms with Crippen LogP contribution in [0.2, 0.25) is 0 Å². The Morgan fingerprint density at radius 1 is 1.38 bits per heavy atom. The minimum atomic E-state index is -1.26. The second kappa shape index (κ2) is 5.27. The van der Waals surface area contributed by atoms with Crippen LogP contribution in [0.3, 0.4) is 0 Å². The number of hydrogen-bond donors (Lipinski definition) is 0. The summed E-state index contributed by atoms with van der Waals surface area (Å²) >= 11 is 0. The highest BCUT2D eigenvalue weighted by Gasteiger charge is 2.35. The van der Waals surface area contributed by atoms with Gasteiger partial charge in [-0.05, 0) is 38.0 Å². The lowest BCUT2D eigenvalue weighted by Crippen LogP contribution is -2.33. The second-order valence-electron chi connectivity index (χ2n) is 5.14. The maximum absolute atomic E-state index is 13.7. The van der Waals surface area contributed by atoms with Crippen LogP contribution >= 0.6 is 0 Å². The molecule has 0 aliphatic heterocycles. The zero-order valence-electron chi connectivity index (χ0n) is 11.5. The van der Waals surface area contributed by atoms with Crippen molar-refractivity contribution >= 4 is 5.91 Å². The monoisotopic (exact) mass is 292 g/mol. The number of aromatic nitrogens is 1. The molecule has 2 aromatic rings. The molecule has 0 spiro atoms. The van der Waals surface area contributed by atoms with Gasteiger partial charge in [0.05, 0.1) is 12.1 Å². The normalized spacial score (nSPS) is 14.2. The zero-order valence-corrected chi connectivity index (χ0v) is 11.5. The van der Waals surface area contributed by atoms with Crippen LogP contribution < -0.4 is 0 Å². The molecule has 2 heterocycles. The summed E-state index contributed by atoms with van der Waals surface area (Å²) in [6, 6.07) is 4.83. The third kappa shape index (κ3) is 2.79. The summed E-state index contributed by atoms with van der Waals surface area (Å²) in [4.78, 5) is 17.2. The molecular formula is C15H14F2N2O2. The fourth-order valence-electron chi connectivity index (χ4n) is 2.23. The van der Waals surface area contributed by atoms with Crippen LogP contribution in [0.25, 0.3) is 0 Å². The van der Waals surface area contributed by atoms with E-state index in [1.165, 1.54) is 11.0 Å². The van der Waals surface area contributed by atoms with Crippen molar-refractivity contribution in [3.63, 3.8) is 0 Å². The molecule has 1 aliphatic carbocycles. The largest absolute Gasteiger partial charge is 0.464 e. The van der Waals surface area contributed by atoms with Crippen LogP contribution in [0.1, 0.15) is 34.7 Å². The van der Waals surface area contributed by atoms with Crippen LogP contribution in [0.4, 0.5) is 8.78 Å². The number of carbonyl (C=O) groups is 1.